The Hall–Kier alpha value is -2.26. The third-order valence-electron chi connectivity index (χ3n) is 3.29. The number of para-hydroxylation sites is 3. The van der Waals surface area contributed by atoms with Gasteiger partial charge < -0.3 is 10.1 Å². The van der Waals surface area contributed by atoms with E-state index in [1.54, 1.807) is 7.11 Å². The van der Waals surface area contributed by atoms with E-state index < -0.39 is 0 Å². The fourth-order valence-corrected chi connectivity index (χ4v) is 2.30. The van der Waals surface area contributed by atoms with Crippen LogP contribution in [0.4, 0.5) is 11.5 Å². The Labute approximate surface area is 130 Å². The summed E-state index contributed by atoms with van der Waals surface area (Å²) in [6.07, 6.45) is 0. The molecule has 3 rings (SSSR count). The smallest absolute Gasteiger partial charge is 0.142 e. The van der Waals surface area contributed by atoms with E-state index in [9.17, 15) is 0 Å². The summed E-state index contributed by atoms with van der Waals surface area (Å²) in [6.45, 7) is 2.09. The van der Waals surface area contributed by atoms with Gasteiger partial charge in [-0.25, -0.2) is 4.98 Å². The summed E-state index contributed by atoms with van der Waals surface area (Å²) < 4.78 is 5.34. The fourth-order valence-electron chi connectivity index (χ4n) is 2.30. The Bertz CT molecular complexity index is 759. The lowest BCUT2D eigenvalue weighted by Gasteiger charge is -2.12. The molecule has 2 aromatic carbocycles. The van der Waals surface area contributed by atoms with Gasteiger partial charge in [0.05, 0.1) is 18.3 Å². The molecular formula is C17H17ClN2O. The molecule has 1 heterocycles. The molecule has 108 valence electrons. The van der Waals surface area contributed by atoms with Gasteiger partial charge in [0, 0.05) is 5.39 Å². The summed E-state index contributed by atoms with van der Waals surface area (Å²) >= 11 is 0. The maximum absolute atomic E-state index is 5.34. The van der Waals surface area contributed by atoms with Gasteiger partial charge in [0.15, 0.2) is 0 Å². The van der Waals surface area contributed by atoms with E-state index in [2.05, 4.69) is 29.4 Å². The Kier molecular flexibility index (Phi) is 4.66. The second-order valence-electron chi connectivity index (χ2n) is 4.67. The number of ether oxygens (including phenoxy) is 1. The van der Waals surface area contributed by atoms with Crippen LogP contribution in [0.5, 0.6) is 5.75 Å². The lowest BCUT2D eigenvalue weighted by Crippen LogP contribution is -1.97. The fraction of sp³-hybridized carbons (Fsp3) is 0.118. The van der Waals surface area contributed by atoms with Crippen LogP contribution in [0.1, 0.15) is 5.56 Å². The van der Waals surface area contributed by atoms with Crippen LogP contribution in [-0.4, -0.2) is 12.1 Å². The van der Waals surface area contributed by atoms with E-state index >= 15 is 0 Å². The molecule has 21 heavy (non-hydrogen) atoms. The molecule has 0 aliphatic carbocycles. The van der Waals surface area contributed by atoms with Gasteiger partial charge in [-0.05, 0) is 36.8 Å². The van der Waals surface area contributed by atoms with E-state index in [1.165, 1.54) is 10.9 Å². The van der Waals surface area contributed by atoms with Gasteiger partial charge in [0.25, 0.3) is 0 Å². The van der Waals surface area contributed by atoms with E-state index in [4.69, 9.17) is 4.74 Å². The second kappa shape index (κ2) is 6.46. The summed E-state index contributed by atoms with van der Waals surface area (Å²) in [4.78, 5) is 4.64. The Balaban J connectivity index is 0.00000161. The van der Waals surface area contributed by atoms with Crippen LogP contribution in [0, 0.1) is 6.92 Å². The average Bonchev–Trinajstić information content (AvgIpc) is 2.48. The summed E-state index contributed by atoms with van der Waals surface area (Å²) in [6, 6.07) is 18.0. The highest BCUT2D eigenvalue weighted by atomic mass is 35.5. The lowest BCUT2D eigenvalue weighted by atomic mass is 10.1. The van der Waals surface area contributed by atoms with E-state index in [0.717, 1.165) is 22.8 Å². The first-order chi connectivity index (χ1) is 9.78. The van der Waals surface area contributed by atoms with E-state index in [0.29, 0.717) is 0 Å². The first kappa shape index (κ1) is 15.1. The minimum atomic E-state index is 0. The maximum atomic E-state index is 5.34. The van der Waals surface area contributed by atoms with Crippen molar-refractivity contribution in [1.29, 1.82) is 0 Å². The number of nitrogens with zero attached hydrogens (tertiary/aromatic N) is 1. The lowest BCUT2D eigenvalue weighted by molar-refractivity contribution is 0.417. The number of halogens is 1. The highest BCUT2D eigenvalue weighted by Gasteiger charge is 2.05. The second-order valence-corrected chi connectivity index (χ2v) is 4.67. The van der Waals surface area contributed by atoms with Crippen LogP contribution >= 0.6 is 12.4 Å². The molecule has 0 spiro atoms. The summed E-state index contributed by atoms with van der Waals surface area (Å²) in [5.74, 6) is 1.63. The molecule has 0 aliphatic rings. The molecule has 0 amide bonds. The van der Waals surface area contributed by atoms with Gasteiger partial charge in [-0.2, -0.15) is 0 Å². The Morgan fingerprint density at radius 1 is 1.00 bits per heavy atom. The molecule has 1 N–H and O–H groups in total. The molecule has 4 heteroatoms. The minimum absolute atomic E-state index is 0. The van der Waals surface area contributed by atoms with Gasteiger partial charge in [-0.15, -0.1) is 12.4 Å². The number of pyridine rings is 1. The van der Waals surface area contributed by atoms with Crippen LogP contribution in [0.2, 0.25) is 0 Å². The average molecular weight is 301 g/mol. The van der Waals surface area contributed by atoms with Crippen molar-refractivity contribution in [3.05, 3.63) is 60.2 Å². The van der Waals surface area contributed by atoms with Crippen molar-refractivity contribution in [1.82, 2.24) is 4.98 Å². The quantitative estimate of drug-likeness (QED) is 0.760. The van der Waals surface area contributed by atoms with Crippen molar-refractivity contribution in [3.8, 4) is 5.75 Å². The third-order valence-corrected chi connectivity index (χ3v) is 3.29. The molecule has 0 radical (unpaired) electrons. The number of hydrogen-bond donors (Lipinski definition) is 1. The summed E-state index contributed by atoms with van der Waals surface area (Å²) in [7, 11) is 1.67. The number of nitrogens with one attached hydrogen (secondary N) is 1. The molecular weight excluding hydrogens is 284 g/mol. The number of fused-ring (bicyclic) bond motifs is 1. The molecule has 0 saturated heterocycles. The van der Waals surface area contributed by atoms with Gasteiger partial charge in [-0.1, -0.05) is 30.3 Å². The topological polar surface area (TPSA) is 34.1 Å². The number of aromatic nitrogens is 1. The van der Waals surface area contributed by atoms with Crippen molar-refractivity contribution in [2.75, 3.05) is 12.4 Å². The zero-order valence-electron chi connectivity index (χ0n) is 12.0. The first-order valence-electron chi connectivity index (χ1n) is 6.54. The summed E-state index contributed by atoms with van der Waals surface area (Å²) in [5, 5.41) is 4.50. The summed E-state index contributed by atoms with van der Waals surface area (Å²) in [5.41, 5.74) is 3.11. The van der Waals surface area contributed by atoms with Crippen molar-refractivity contribution in [2.45, 2.75) is 6.92 Å². The van der Waals surface area contributed by atoms with Gasteiger partial charge in [0.1, 0.15) is 11.6 Å². The molecule has 3 aromatic rings. The third kappa shape index (κ3) is 3.09. The highest BCUT2D eigenvalue weighted by Crippen LogP contribution is 2.28. The molecule has 0 atom stereocenters. The SMILES string of the molecule is COc1ccccc1Nc1cc(C)c2ccccc2n1.Cl. The number of aryl methyl sites for hydroxylation is 1. The first-order valence-corrected chi connectivity index (χ1v) is 6.54. The van der Waals surface area contributed by atoms with Crippen LogP contribution in [0.25, 0.3) is 10.9 Å². The maximum Gasteiger partial charge on any atom is 0.142 e. The van der Waals surface area contributed by atoms with Gasteiger partial charge >= 0.3 is 0 Å². The Morgan fingerprint density at radius 3 is 2.52 bits per heavy atom. The molecule has 0 saturated carbocycles. The molecule has 0 bridgehead atoms. The number of rotatable bonds is 3. The van der Waals surface area contributed by atoms with Crippen LogP contribution in [-0.2, 0) is 0 Å². The molecule has 0 aliphatic heterocycles. The van der Waals surface area contributed by atoms with Gasteiger partial charge in [-0.3, -0.25) is 0 Å². The number of anilines is 2. The van der Waals surface area contributed by atoms with Crippen molar-refractivity contribution < 1.29 is 4.74 Å². The number of benzene rings is 2. The molecule has 0 unspecified atom stereocenters. The largest absolute Gasteiger partial charge is 0.495 e. The van der Waals surface area contributed by atoms with Crippen molar-refractivity contribution in [2.24, 2.45) is 0 Å². The zero-order chi connectivity index (χ0) is 13.9. The predicted octanol–water partition coefficient (Wildman–Crippen LogP) is 4.72. The minimum Gasteiger partial charge on any atom is -0.495 e. The highest BCUT2D eigenvalue weighted by molar-refractivity contribution is 5.85. The molecule has 0 fully saturated rings. The Morgan fingerprint density at radius 2 is 1.71 bits per heavy atom. The standard InChI is InChI=1S/C17H16N2O.ClH/c1-12-11-17(18-14-8-4-3-7-13(12)14)19-15-9-5-6-10-16(15)20-2;/h3-11H,1-2H3,(H,18,19);1H. The normalized spacial score (nSPS) is 10.0. The van der Waals surface area contributed by atoms with Crippen LogP contribution < -0.4 is 10.1 Å². The van der Waals surface area contributed by atoms with Crippen LogP contribution in [0.15, 0.2) is 54.6 Å². The number of hydrogen-bond acceptors (Lipinski definition) is 3. The number of methoxy groups -OCH3 is 1. The molecule has 3 nitrogen and oxygen atoms in total. The van der Waals surface area contributed by atoms with Crippen molar-refractivity contribution in [3.63, 3.8) is 0 Å². The molecule has 1 aromatic heterocycles. The van der Waals surface area contributed by atoms with E-state index in [-0.39, 0.29) is 12.4 Å². The zero-order valence-corrected chi connectivity index (χ0v) is 12.8. The van der Waals surface area contributed by atoms with Gasteiger partial charge in [0.2, 0.25) is 0 Å². The van der Waals surface area contributed by atoms with Crippen molar-refractivity contribution >= 4 is 34.8 Å². The monoisotopic (exact) mass is 300 g/mol. The van der Waals surface area contributed by atoms with Crippen LogP contribution in [0.3, 0.4) is 0 Å². The predicted molar refractivity (Wildman–Crippen MR) is 90.0 cm³/mol. The van der Waals surface area contributed by atoms with E-state index in [1.807, 2.05) is 42.5 Å².